The van der Waals surface area contributed by atoms with Crippen molar-refractivity contribution in [1.29, 1.82) is 0 Å². The molecule has 2 saturated heterocycles. The largest absolute Gasteiger partial charge is 0.373 e. The van der Waals surface area contributed by atoms with Gasteiger partial charge in [-0.25, -0.2) is 0 Å². The number of carbonyl (C=O) groups is 1. The van der Waals surface area contributed by atoms with Crippen LogP contribution in [0.15, 0.2) is 12.1 Å². The van der Waals surface area contributed by atoms with Gasteiger partial charge in [0.25, 0.3) is 5.91 Å². The summed E-state index contributed by atoms with van der Waals surface area (Å²) in [6, 6.07) is 4.06. The molecule has 0 aliphatic carbocycles. The fourth-order valence-electron chi connectivity index (χ4n) is 3.62. The lowest BCUT2D eigenvalue weighted by atomic mass is 10.2. The summed E-state index contributed by atoms with van der Waals surface area (Å²) < 4.78 is 5.74. The van der Waals surface area contributed by atoms with E-state index in [2.05, 4.69) is 17.9 Å². The average molecular weight is 351 g/mol. The lowest BCUT2D eigenvalue weighted by Crippen LogP contribution is -2.38. The van der Waals surface area contributed by atoms with Crippen molar-refractivity contribution in [2.45, 2.75) is 51.6 Å². The summed E-state index contributed by atoms with van der Waals surface area (Å²) in [5, 5.41) is 0. The topological polar surface area (TPSA) is 32.8 Å². The fraction of sp³-hybridized carbons (Fsp3) is 0.737. The Labute approximate surface area is 149 Å². The summed E-state index contributed by atoms with van der Waals surface area (Å²) in [7, 11) is 0. The van der Waals surface area contributed by atoms with Gasteiger partial charge in [0, 0.05) is 31.1 Å². The smallest absolute Gasteiger partial charge is 0.263 e. The monoisotopic (exact) mass is 350 g/mol. The molecule has 0 spiro atoms. The summed E-state index contributed by atoms with van der Waals surface area (Å²) in [4.78, 5) is 19.4. The molecule has 0 bridgehead atoms. The van der Waals surface area contributed by atoms with E-state index < -0.39 is 0 Å². The molecule has 134 valence electrons. The van der Waals surface area contributed by atoms with Gasteiger partial charge in [0.1, 0.15) is 0 Å². The van der Waals surface area contributed by atoms with Crippen molar-refractivity contribution in [3.8, 4) is 0 Å². The van der Waals surface area contributed by atoms with Gasteiger partial charge in [0.15, 0.2) is 0 Å². The summed E-state index contributed by atoms with van der Waals surface area (Å²) in [5.41, 5.74) is 0. The number of amides is 1. The molecule has 0 N–H and O–H groups in total. The quantitative estimate of drug-likeness (QED) is 0.779. The third-order valence-corrected chi connectivity index (χ3v) is 6.30. The van der Waals surface area contributed by atoms with Crippen LogP contribution in [-0.4, -0.2) is 55.0 Å². The third kappa shape index (κ3) is 4.58. The number of nitrogens with zero attached hydrogens (tertiary/aromatic N) is 2. The lowest BCUT2D eigenvalue weighted by molar-refractivity contribution is 0.0750. The molecule has 1 atom stereocenters. The predicted octanol–water partition coefficient (Wildman–Crippen LogP) is 3.94. The van der Waals surface area contributed by atoms with Crippen LogP contribution in [0, 0.1) is 0 Å². The number of hydrogen-bond acceptors (Lipinski definition) is 4. The Morgan fingerprint density at radius 2 is 2.04 bits per heavy atom. The molecule has 1 unspecified atom stereocenters. The molecule has 0 radical (unpaired) electrons. The van der Waals surface area contributed by atoms with E-state index in [1.165, 1.54) is 43.6 Å². The highest BCUT2D eigenvalue weighted by Gasteiger charge is 2.23. The highest BCUT2D eigenvalue weighted by molar-refractivity contribution is 7.14. The number of rotatable bonds is 6. The van der Waals surface area contributed by atoms with Gasteiger partial charge in [-0.1, -0.05) is 12.8 Å². The highest BCUT2D eigenvalue weighted by Crippen LogP contribution is 2.33. The molecule has 24 heavy (non-hydrogen) atoms. The second-order valence-electron chi connectivity index (χ2n) is 6.84. The van der Waals surface area contributed by atoms with Crippen LogP contribution in [0.5, 0.6) is 0 Å². The van der Waals surface area contributed by atoms with E-state index >= 15 is 0 Å². The van der Waals surface area contributed by atoms with Crippen molar-refractivity contribution in [3.05, 3.63) is 21.9 Å². The minimum atomic E-state index is 0.182. The maximum atomic E-state index is 12.8. The highest BCUT2D eigenvalue weighted by atomic mass is 32.1. The number of likely N-dealkylation sites (tertiary alicyclic amines) is 1. The normalized spacial score (nSPS) is 22.5. The van der Waals surface area contributed by atoms with Gasteiger partial charge in [-0.3, -0.25) is 4.79 Å². The van der Waals surface area contributed by atoms with Crippen molar-refractivity contribution < 1.29 is 9.53 Å². The van der Waals surface area contributed by atoms with E-state index in [4.69, 9.17) is 4.74 Å². The Kier molecular flexibility index (Phi) is 6.69. The maximum absolute atomic E-state index is 12.8. The van der Waals surface area contributed by atoms with Gasteiger partial charge < -0.3 is 14.5 Å². The van der Waals surface area contributed by atoms with Crippen molar-refractivity contribution in [2.24, 2.45) is 0 Å². The Hall–Kier alpha value is -0.910. The Morgan fingerprint density at radius 1 is 1.25 bits per heavy atom. The second-order valence-corrected chi connectivity index (χ2v) is 7.96. The summed E-state index contributed by atoms with van der Waals surface area (Å²) in [6.07, 6.45) is 7.74. The summed E-state index contributed by atoms with van der Waals surface area (Å²) in [5.74, 6) is 0.182. The molecular weight excluding hydrogens is 320 g/mol. The molecule has 2 aliphatic heterocycles. The zero-order valence-electron chi connectivity index (χ0n) is 14.8. The minimum Gasteiger partial charge on any atom is -0.373 e. The van der Waals surface area contributed by atoms with Crippen LogP contribution in [-0.2, 0) is 4.74 Å². The SMILES string of the molecule is CCN(CCN1CCCCCC1)C(=O)c1ccc(C2CCCO2)s1. The molecule has 1 aromatic heterocycles. The summed E-state index contributed by atoms with van der Waals surface area (Å²) in [6.45, 7) is 7.92. The predicted molar refractivity (Wildman–Crippen MR) is 98.7 cm³/mol. The van der Waals surface area contributed by atoms with E-state index in [0.29, 0.717) is 0 Å². The fourth-order valence-corrected chi connectivity index (χ4v) is 4.68. The first-order chi connectivity index (χ1) is 11.8. The molecular formula is C19H30N2O2S. The minimum absolute atomic E-state index is 0.182. The molecule has 3 rings (SSSR count). The Bertz CT molecular complexity index is 517. The molecule has 0 aromatic carbocycles. The number of ether oxygens (including phenoxy) is 1. The average Bonchev–Trinajstić information content (AvgIpc) is 3.23. The Morgan fingerprint density at radius 3 is 2.71 bits per heavy atom. The van der Waals surface area contributed by atoms with Crippen molar-refractivity contribution >= 4 is 17.2 Å². The van der Waals surface area contributed by atoms with Gasteiger partial charge in [0.2, 0.25) is 0 Å². The van der Waals surface area contributed by atoms with Crippen LogP contribution >= 0.6 is 11.3 Å². The van der Waals surface area contributed by atoms with Crippen LogP contribution in [0.1, 0.15) is 66.1 Å². The molecule has 2 fully saturated rings. The number of thiophene rings is 1. The van der Waals surface area contributed by atoms with Crippen molar-refractivity contribution in [3.63, 3.8) is 0 Å². The van der Waals surface area contributed by atoms with E-state index in [1.54, 1.807) is 11.3 Å². The van der Waals surface area contributed by atoms with Gasteiger partial charge in [-0.15, -0.1) is 11.3 Å². The maximum Gasteiger partial charge on any atom is 0.263 e. The third-order valence-electron chi connectivity index (χ3n) is 5.14. The van der Waals surface area contributed by atoms with Gasteiger partial charge in [-0.05, 0) is 57.8 Å². The molecule has 1 amide bonds. The second kappa shape index (κ2) is 8.97. The number of carbonyl (C=O) groups excluding carboxylic acids is 1. The zero-order valence-corrected chi connectivity index (χ0v) is 15.7. The number of likely N-dealkylation sites (N-methyl/N-ethyl adjacent to an activating group) is 1. The van der Waals surface area contributed by atoms with Gasteiger partial charge in [0.05, 0.1) is 11.0 Å². The standard InChI is InChI=1S/C19H30N2O2S/c1-2-21(14-13-20-11-5-3-4-6-12-20)19(22)18-10-9-17(24-18)16-8-7-15-23-16/h9-10,16H,2-8,11-15H2,1H3. The van der Waals surface area contributed by atoms with Crippen LogP contribution in [0.2, 0.25) is 0 Å². The van der Waals surface area contributed by atoms with Crippen LogP contribution in [0.4, 0.5) is 0 Å². The van der Waals surface area contributed by atoms with Gasteiger partial charge in [-0.2, -0.15) is 0 Å². The van der Waals surface area contributed by atoms with E-state index in [9.17, 15) is 4.79 Å². The molecule has 1 aromatic rings. The molecule has 0 saturated carbocycles. The first kappa shape index (κ1) is 17.9. The first-order valence-electron chi connectivity index (χ1n) is 9.51. The van der Waals surface area contributed by atoms with Crippen molar-refractivity contribution in [1.82, 2.24) is 9.80 Å². The van der Waals surface area contributed by atoms with Gasteiger partial charge >= 0.3 is 0 Å². The van der Waals surface area contributed by atoms with E-state index in [0.717, 1.165) is 44.0 Å². The number of hydrogen-bond donors (Lipinski definition) is 0. The zero-order chi connectivity index (χ0) is 16.8. The molecule has 3 heterocycles. The Balaban J connectivity index is 1.55. The van der Waals surface area contributed by atoms with Crippen LogP contribution in [0.25, 0.3) is 0 Å². The van der Waals surface area contributed by atoms with Crippen LogP contribution < -0.4 is 0 Å². The molecule has 4 nitrogen and oxygen atoms in total. The first-order valence-corrected chi connectivity index (χ1v) is 10.3. The summed E-state index contributed by atoms with van der Waals surface area (Å²) >= 11 is 1.62. The molecule has 2 aliphatic rings. The van der Waals surface area contributed by atoms with E-state index in [1.807, 2.05) is 11.0 Å². The van der Waals surface area contributed by atoms with Crippen LogP contribution in [0.3, 0.4) is 0 Å². The lowest BCUT2D eigenvalue weighted by Gasteiger charge is -2.25. The molecule has 5 heteroatoms. The van der Waals surface area contributed by atoms with Crippen molar-refractivity contribution in [2.75, 3.05) is 39.3 Å². The van der Waals surface area contributed by atoms with E-state index in [-0.39, 0.29) is 12.0 Å².